The van der Waals surface area contributed by atoms with E-state index in [1.807, 2.05) is 6.92 Å². The van der Waals surface area contributed by atoms with Gasteiger partial charge in [0.25, 0.3) is 5.91 Å². The van der Waals surface area contributed by atoms with E-state index < -0.39 is 17.9 Å². The first-order valence-electron chi connectivity index (χ1n) is 5.71. The van der Waals surface area contributed by atoms with E-state index in [1.165, 1.54) is 12.3 Å². The van der Waals surface area contributed by atoms with Crippen molar-refractivity contribution in [2.45, 2.75) is 26.3 Å². The Bertz CT molecular complexity index is 494. The number of halogens is 2. The molecule has 0 aromatic carbocycles. The number of amides is 1. The van der Waals surface area contributed by atoms with Crippen LogP contribution in [0.1, 0.15) is 30.6 Å². The lowest BCUT2D eigenvalue weighted by atomic mass is 9.99. The quantitative estimate of drug-likeness (QED) is 0.820. The molecule has 0 aliphatic heterocycles. The van der Waals surface area contributed by atoms with Crippen molar-refractivity contribution in [2.24, 2.45) is 5.92 Å². The molecule has 0 fully saturated rings. The van der Waals surface area contributed by atoms with Gasteiger partial charge in [-0.15, -0.1) is 0 Å². The van der Waals surface area contributed by atoms with Gasteiger partial charge in [-0.25, -0.2) is 9.78 Å². The molecule has 0 aliphatic carbocycles. The van der Waals surface area contributed by atoms with E-state index >= 15 is 0 Å². The van der Waals surface area contributed by atoms with Gasteiger partial charge in [0.05, 0.1) is 10.6 Å². The van der Waals surface area contributed by atoms with E-state index in [0.29, 0.717) is 6.42 Å². The van der Waals surface area contributed by atoms with Crippen LogP contribution in [0, 0.1) is 5.92 Å². The fourth-order valence-corrected chi connectivity index (χ4v) is 1.84. The van der Waals surface area contributed by atoms with E-state index in [9.17, 15) is 9.59 Å². The third-order valence-corrected chi connectivity index (χ3v) is 3.34. The minimum absolute atomic E-state index is 0.108. The number of hydrogen-bond donors (Lipinski definition) is 2. The number of carbonyl (C=O) groups is 2. The van der Waals surface area contributed by atoms with E-state index in [0.717, 1.165) is 0 Å². The van der Waals surface area contributed by atoms with Gasteiger partial charge in [0.2, 0.25) is 0 Å². The lowest BCUT2D eigenvalue weighted by Gasteiger charge is -2.20. The summed E-state index contributed by atoms with van der Waals surface area (Å²) in [6.45, 7) is 3.60. The second kappa shape index (κ2) is 6.73. The molecule has 1 heterocycles. The first kappa shape index (κ1) is 15.7. The average molecular weight is 305 g/mol. The molecule has 1 rings (SSSR count). The predicted octanol–water partition coefficient (Wildman–Crippen LogP) is 2.62. The van der Waals surface area contributed by atoms with Crippen LogP contribution in [0.25, 0.3) is 0 Å². The lowest BCUT2D eigenvalue weighted by molar-refractivity contribution is -0.140. The molecule has 104 valence electrons. The molecule has 1 aromatic rings. The molecule has 5 nitrogen and oxygen atoms in total. The van der Waals surface area contributed by atoms with Crippen LogP contribution in [0.2, 0.25) is 10.2 Å². The van der Waals surface area contributed by atoms with Crippen molar-refractivity contribution in [3.05, 3.63) is 28.0 Å². The topological polar surface area (TPSA) is 79.3 Å². The first-order chi connectivity index (χ1) is 8.86. The van der Waals surface area contributed by atoms with Gasteiger partial charge in [-0.05, 0) is 12.0 Å². The molecule has 0 radical (unpaired) electrons. The highest BCUT2D eigenvalue weighted by atomic mass is 35.5. The van der Waals surface area contributed by atoms with E-state index in [-0.39, 0.29) is 21.7 Å². The molecular formula is C12H14Cl2N2O3. The number of aliphatic carboxylic acids is 1. The molecule has 2 atom stereocenters. The normalized spacial score (nSPS) is 13.7. The lowest BCUT2D eigenvalue weighted by Crippen LogP contribution is -2.45. The Morgan fingerprint density at radius 3 is 2.63 bits per heavy atom. The molecule has 0 aliphatic rings. The highest BCUT2D eigenvalue weighted by Gasteiger charge is 2.26. The summed E-state index contributed by atoms with van der Waals surface area (Å²) in [5, 5.41) is 11.8. The number of hydrogen-bond acceptors (Lipinski definition) is 3. The van der Waals surface area contributed by atoms with Crippen molar-refractivity contribution in [1.29, 1.82) is 0 Å². The van der Waals surface area contributed by atoms with Crippen LogP contribution in [0.4, 0.5) is 0 Å². The maximum Gasteiger partial charge on any atom is 0.326 e. The largest absolute Gasteiger partial charge is 0.480 e. The van der Waals surface area contributed by atoms with Gasteiger partial charge in [0.15, 0.2) is 0 Å². The fraction of sp³-hybridized carbons (Fsp3) is 0.417. The van der Waals surface area contributed by atoms with Crippen LogP contribution >= 0.6 is 23.2 Å². The summed E-state index contributed by atoms with van der Waals surface area (Å²) in [4.78, 5) is 26.9. The molecule has 0 spiro atoms. The van der Waals surface area contributed by atoms with Crippen molar-refractivity contribution in [2.75, 3.05) is 0 Å². The second-order valence-electron chi connectivity index (χ2n) is 4.16. The molecule has 0 bridgehead atoms. The van der Waals surface area contributed by atoms with Crippen LogP contribution in [-0.4, -0.2) is 28.0 Å². The number of aromatic nitrogens is 1. The molecule has 0 unspecified atom stereocenters. The summed E-state index contributed by atoms with van der Waals surface area (Å²) in [6, 6.07) is 0.329. The van der Waals surface area contributed by atoms with Gasteiger partial charge in [-0.1, -0.05) is 43.5 Å². The molecule has 19 heavy (non-hydrogen) atoms. The van der Waals surface area contributed by atoms with Gasteiger partial charge < -0.3 is 10.4 Å². The smallest absolute Gasteiger partial charge is 0.326 e. The zero-order valence-corrected chi connectivity index (χ0v) is 12.0. The Hall–Kier alpha value is -1.33. The summed E-state index contributed by atoms with van der Waals surface area (Å²) in [5.41, 5.74) is 0.108. The highest BCUT2D eigenvalue weighted by molar-refractivity contribution is 6.35. The first-order valence-corrected chi connectivity index (χ1v) is 6.47. The van der Waals surface area contributed by atoms with Gasteiger partial charge in [0, 0.05) is 6.20 Å². The monoisotopic (exact) mass is 304 g/mol. The molecule has 2 N–H and O–H groups in total. The minimum atomic E-state index is -1.08. The van der Waals surface area contributed by atoms with Gasteiger partial charge in [-0.3, -0.25) is 4.79 Å². The fourth-order valence-electron chi connectivity index (χ4n) is 1.49. The molecule has 7 heteroatoms. The Morgan fingerprint density at radius 1 is 1.47 bits per heavy atom. The molecule has 1 amide bonds. The third-order valence-electron chi connectivity index (χ3n) is 2.83. The van der Waals surface area contributed by atoms with Crippen molar-refractivity contribution in [1.82, 2.24) is 10.3 Å². The maximum atomic E-state index is 12.0. The Balaban J connectivity index is 2.94. The maximum absolute atomic E-state index is 12.0. The molecule has 1 aromatic heterocycles. The van der Waals surface area contributed by atoms with E-state index in [4.69, 9.17) is 28.3 Å². The second-order valence-corrected chi connectivity index (χ2v) is 4.96. The zero-order valence-electron chi connectivity index (χ0n) is 10.5. The Kier molecular flexibility index (Phi) is 5.57. The van der Waals surface area contributed by atoms with E-state index in [1.54, 1.807) is 6.92 Å². The number of nitrogens with zero attached hydrogens (tertiary/aromatic N) is 1. The van der Waals surface area contributed by atoms with Crippen LogP contribution < -0.4 is 5.32 Å². The summed E-state index contributed by atoms with van der Waals surface area (Å²) in [5.74, 6) is -1.86. The average Bonchev–Trinajstić information content (AvgIpc) is 2.37. The third kappa shape index (κ3) is 4.08. The van der Waals surface area contributed by atoms with Gasteiger partial charge in [0.1, 0.15) is 11.2 Å². The van der Waals surface area contributed by atoms with Crippen molar-refractivity contribution in [3.63, 3.8) is 0 Å². The minimum Gasteiger partial charge on any atom is -0.480 e. The van der Waals surface area contributed by atoms with Crippen LogP contribution in [-0.2, 0) is 4.79 Å². The number of carbonyl (C=O) groups excluding carboxylic acids is 1. The molecule has 0 saturated carbocycles. The number of carboxylic acid groups (broad SMARTS) is 1. The zero-order chi connectivity index (χ0) is 14.6. The van der Waals surface area contributed by atoms with Crippen LogP contribution in [0.3, 0.4) is 0 Å². The van der Waals surface area contributed by atoms with Gasteiger partial charge in [-0.2, -0.15) is 0 Å². The van der Waals surface area contributed by atoms with Crippen molar-refractivity contribution >= 4 is 35.1 Å². The number of nitrogens with one attached hydrogen (secondary N) is 1. The number of pyridine rings is 1. The Morgan fingerprint density at radius 2 is 2.11 bits per heavy atom. The molecular weight excluding hydrogens is 291 g/mol. The van der Waals surface area contributed by atoms with Crippen molar-refractivity contribution in [3.8, 4) is 0 Å². The highest BCUT2D eigenvalue weighted by Crippen LogP contribution is 2.19. The summed E-state index contributed by atoms with van der Waals surface area (Å²) >= 11 is 11.5. The summed E-state index contributed by atoms with van der Waals surface area (Å²) < 4.78 is 0. The summed E-state index contributed by atoms with van der Waals surface area (Å²) in [7, 11) is 0. The molecule has 0 saturated heterocycles. The predicted molar refractivity (Wildman–Crippen MR) is 72.6 cm³/mol. The number of carboxylic acids is 1. The Labute approximate surface area is 120 Å². The standard InChI is InChI=1S/C12H14Cl2N2O3/c1-3-6(2)10(12(18)19)16-11(17)7-4-9(14)15-5-8(7)13/h4-6,10H,3H2,1-2H3,(H,16,17)(H,18,19)/t6-,10-/m0/s1. The van der Waals surface area contributed by atoms with Crippen LogP contribution in [0.15, 0.2) is 12.3 Å². The van der Waals surface area contributed by atoms with E-state index in [2.05, 4.69) is 10.3 Å². The van der Waals surface area contributed by atoms with Gasteiger partial charge >= 0.3 is 5.97 Å². The van der Waals surface area contributed by atoms with Crippen LogP contribution in [0.5, 0.6) is 0 Å². The van der Waals surface area contributed by atoms with Crippen molar-refractivity contribution < 1.29 is 14.7 Å². The summed E-state index contributed by atoms with van der Waals surface area (Å²) in [6.07, 6.45) is 1.87. The SMILES string of the molecule is CC[C@H](C)[C@H](NC(=O)c1cc(Cl)ncc1Cl)C(=O)O. The number of rotatable bonds is 5.